The Morgan fingerprint density at radius 1 is 1.42 bits per heavy atom. The lowest BCUT2D eigenvalue weighted by Crippen LogP contribution is -2.47. The molecular formula is C14H21FN2O2. The van der Waals surface area contributed by atoms with Crippen molar-refractivity contribution in [2.75, 3.05) is 6.61 Å². The first-order valence-electron chi connectivity index (χ1n) is 6.47. The van der Waals surface area contributed by atoms with Gasteiger partial charge in [-0.25, -0.2) is 9.18 Å². The minimum absolute atomic E-state index is 0.0812. The standard InChI is InChI=1S/C14H21FN2O2/c1-3-13(9-18)17-14(19)16-10(2)7-11-5-4-6-12(15)8-11/h4-6,8,10,13,18H,3,7,9H2,1-2H3,(H2,16,17,19)/t10-,13+/m1/s1. The molecule has 0 aliphatic carbocycles. The molecule has 0 radical (unpaired) electrons. The van der Waals surface area contributed by atoms with Crippen LogP contribution in [0.15, 0.2) is 24.3 Å². The maximum Gasteiger partial charge on any atom is 0.315 e. The number of benzene rings is 1. The first-order valence-corrected chi connectivity index (χ1v) is 6.47. The third-order valence-corrected chi connectivity index (χ3v) is 2.86. The van der Waals surface area contributed by atoms with E-state index in [1.54, 1.807) is 6.07 Å². The number of rotatable bonds is 6. The molecule has 19 heavy (non-hydrogen) atoms. The average Bonchev–Trinajstić information content (AvgIpc) is 2.35. The first-order chi connectivity index (χ1) is 9.05. The van der Waals surface area contributed by atoms with E-state index < -0.39 is 0 Å². The summed E-state index contributed by atoms with van der Waals surface area (Å²) in [4.78, 5) is 11.6. The summed E-state index contributed by atoms with van der Waals surface area (Å²) in [5, 5.41) is 14.4. The van der Waals surface area contributed by atoms with Gasteiger partial charge in [0, 0.05) is 6.04 Å². The normalized spacial score (nSPS) is 13.7. The van der Waals surface area contributed by atoms with Crippen molar-refractivity contribution in [1.29, 1.82) is 0 Å². The van der Waals surface area contributed by atoms with Crippen LogP contribution in [-0.4, -0.2) is 29.8 Å². The number of hydrogen-bond acceptors (Lipinski definition) is 2. The Labute approximate surface area is 113 Å². The summed E-state index contributed by atoms with van der Waals surface area (Å²) in [6, 6.07) is 5.65. The van der Waals surface area contributed by atoms with Crippen LogP contribution >= 0.6 is 0 Å². The molecule has 0 aliphatic rings. The van der Waals surface area contributed by atoms with Gasteiger partial charge in [0.05, 0.1) is 12.6 Å². The number of carbonyl (C=O) groups excluding carboxylic acids is 1. The Morgan fingerprint density at radius 2 is 2.16 bits per heavy atom. The van der Waals surface area contributed by atoms with Gasteiger partial charge >= 0.3 is 6.03 Å². The van der Waals surface area contributed by atoms with Crippen LogP contribution < -0.4 is 10.6 Å². The second-order valence-corrected chi connectivity index (χ2v) is 4.64. The largest absolute Gasteiger partial charge is 0.394 e. The van der Waals surface area contributed by atoms with Gasteiger partial charge in [0.1, 0.15) is 5.82 Å². The lowest BCUT2D eigenvalue weighted by molar-refractivity contribution is 0.212. The molecule has 3 N–H and O–H groups in total. The van der Waals surface area contributed by atoms with Gasteiger partial charge in [0.25, 0.3) is 0 Å². The highest BCUT2D eigenvalue weighted by molar-refractivity contribution is 5.74. The second-order valence-electron chi connectivity index (χ2n) is 4.64. The van der Waals surface area contributed by atoms with Crippen molar-refractivity contribution < 1.29 is 14.3 Å². The van der Waals surface area contributed by atoms with E-state index in [0.29, 0.717) is 12.8 Å². The minimum Gasteiger partial charge on any atom is -0.394 e. The number of aliphatic hydroxyl groups excluding tert-OH is 1. The molecule has 0 saturated heterocycles. The van der Waals surface area contributed by atoms with E-state index in [2.05, 4.69) is 10.6 Å². The number of halogens is 1. The van der Waals surface area contributed by atoms with E-state index in [-0.39, 0.29) is 30.5 Å². The van der Waals surface area contributed by atoms with E-state index in [9.17, 15) is 9.18 Å². The second kappa shape index (κ2) is 7.74. The van der Waals surface area contributed by atoms with Gasteiger partial charge in [-0.3, -0.25) is 0 Å². The van der Waals surface area contributed by atoms with Crippen molar-refractivity contribution in [3.8, 4) is 0 Å². The molecule has 0 unspecified atom stereocenters. The van der Waals surface area contributed by atoms with Crippen molar-refractivity contribution in [2.24, 2.45) is 0 Å². The molecule has 0 fully saturated rings. The fourth-order valence-electron chi connectivity index (χ4n) is 1.80. The van der Waals surface area contributed by atoms with E-state index in [1.807, 2.05) is 19.9 Å². The highest BCUT2D eigenvalue weighted by Crippen LogP contribution is 2.06. The van der Waals surface area contributed by atoms with Crippen LogP contribution in [0.2, 0.25) is 0 Å². The molecule has 0 saturated carbocycles. The van der Waals surface area contributed by atoms with Gasteiger partial charge in [-0.1, -0.05) is 19.1 Å². The first kappa shape index (κ1) is 15.4. The van der Waals surface area contributed by atoms with Crippen LogP contribution in [0.25, 0.3) is 0 Å². The van der Waals surface area contributed by atoms with Crippen LogP contribution in [0, 0.1) is 5.82 Å². The molecule has 0 aliphatic heterocycles. The molecule has 0 spiro atoms. The highest BCUT2D eigenvalue weighted by Gasteiger charge is 2.12. The third kappa shape index (κ3) is 5.70. The minimum atomic E-state index is -0.315. The zero-order valence-corrected chi connectivity index (χ0v) is 11.3. The van der Waals surface area contributed by atoms with Gasteiger partial charge in [-0.15, -0.1) is 0 Å². The summed E-state index contributed by atoms with van der Waals surface area (Å²) in [5.74, 6) is -0.277. The molecule has 1 rings (SSSR count). The summed E-state index contributed by atoms with van der Waals surface area (Å²) in [6.45, 7) is 3.66. The molecule has 2 amide bonds. The van der Waals surface area contributed by atoms with Crippen molar-refractivity contribution in [1.82, 2.24) is 10.6 Å². The maximum atomic E-state index is 13.0. The molecule has 106 valence electrons. The smallest absolute Gasteiger partial charge is 0.315 e. The SMILES string of the molecule is CC[C@@H](CO)NC(=O)N[C@H](C)Cc1cccc(F)c1. The monoisotopic (exact) mass is 268 g/mol. The van der Waals surface area contributed by atoms with Crippen LogP contribution in [0.1, 0.15) is 25.8 Å². The van der Waals surface area contributed by atoms with Crippen LogP contribution in [-0.2, 0) is 6.42 Å². The lowest BCUT2D eigenvalue weighted by atomic mass is 10.1. The van der Waals surface area contributed by atoms with Crippen molar-refractivity contribution in [2.45, 2.75) is 38.8 Å². The molecule has 0 aromatic heterocycles. The van der Waals surface area contributed by atoms with Crippen LogP contribution in [0.4, 0.5) is 9.18 Å². The maximum absolute atomic E-state index is 13.0. The summed E-state index contributed by atoms with van der Waals surface area (Å²) in [5.41, 5.74) is 0.835. The van der Waals surface area contributed by atoms with Gasteiger partial charge in [0.2, 0.25) is 0 Å². The lowest BCUT2D eigenvalue weighted by Gasteiger charge is -2.18. The number of urea groups is 1. The fraction of sp³-hybridized carbons (Fsp3) is 0.500. The molecule has 1 aromatic carbocycles. The van der Waals surface area contributed by atoms with Crippen molar-refractivity contribution >= 4 is 6.03 Å². The summed E-state index contributed by atoms with van der Waals surface area (Å²) in [6.07, 6.45) is 1.23. The fourth-order valence-corrected chi connectivity index (χ4v) is 1.80. The van der Waals surface area contributed by atoms with E-state index >= 15 is 0 Å². The molecule has 5 heteroatoms. The Hall–Kier alpha value is -1.62. The van der Waals surface area contributed by atoms with E-state index in [1.165, 1.54) is 12.1 Å². The zero-order valence-electron chi connectivity index (χ0n) is 11.3. The van der Waals surface area contributed by atoms with Crippen LogP contribution in [0.5, 0.6) is 0 Å². The predicted octanol–water partition coefficient (Wildman–Crippen LogP) is 1.83. The van der Waals surface area contributed by atoms with Crippen molar-refractivity contribution in [3.05, 3.63) is 35.6 Å². The van der Waals surface area contributed by atoms with Gasteiger partial charge in [-0.05, 0) is 37.5 Å². The van der Waals surface area contributed by atoms with E-state index in [0.717, 1.165) is 5.56 Å². The van der Waals surface area contributed by atoms with Gasteiger partial charge in [0.15, 0.2) is 0 Å². The Balaban J connectivity index is 2.42. The molecule has 1 aromatic rings. The predicted molar refractivity (Wildman–Crippen MR) is 72.4 cm³/mol. The highest BCUT2D eigenvalue weighted by atomic mass is 19.1. The molecule has 2 atom stereocenters. The molecule has 0 heterocycles. The quantitative estimate of drug-likeness (QED) is 0.737. The topological polar surface area (TPSA) is 61.4 Å². The van der Waals surface area contributed by atoms with Crippen LogP contribution in [0.3, 0.4) is 0 Å². The Bertz CT molecular complexity index is 408. The Kier molecular flexibility index (Phi) is 6.29. The Morgan fingerprint density at radius 3 is 2.74 bits per heavy atom. The molecule has 0 bridgehead atoms. The van der Waals surface area contributed by atoms with Gasteiger partial charge in [-0.2, -0.15) is 0 Å². The number of nitrogens with one attached hydrogen (secondary N) is 2. The summed E-state index contributed by atoms with van der Waals surface area (Å²) >= 11 is 0. The zero-order chi connectivity index (χ0) is 14.3. The van der Waals surface area contributed by atoms with E-state index in [4.69, 9.17) is 5.11 Å². The number of amides is 2. The number of carbonyl (C=O) groups is 1. The summed E-state index contributed by atoms with van der Waals surface area (Å²) < 4.78 is 13.0. The summed E-state index contributed by atoms with van der Waals surface area (Å²) in [7, 11) is 0. The van der Waals surface area contributed by atoms with Crippen molar-refractivity contribution in [3.63, 3.8) is 0 Å². The third-order valence-electron chi connectivity index (χ3n) is 2.86. The number of hydrogen-bond donors (Lipinski definition) is 3. The van der Waals surface area contributed by atoms with Gasteiger partial charge < -0.3 is 15.7 Å². The average molecular weight is 268 g/mol. The molecular weight excluding hydrogens is 247 g/mol. The number of aliphatic hydroxyl groups is 1. The molecule has 4 nitrogen and oxygen atoms in total.